The molecule has 3 heterocycles. The van der Waals surface area contributed by atoms with E-state index in [4.69, 9.17) is 4.74 Å². The Hall–Kier alpha value is -2.01. The number of morpholine rings is 1. The lowest BCUT2D eigenvalue weighted by Crippen LogP contribution is -2.49. The number of rotatable bonds is 6. The summed E-state index contributed by atoms with van der Waals surface area (Å²) in [5.74, 6) is 0.272. The van der Waals surface area contributed by atoms with Crippen molar-refractivity contribution in [1.82, 2.24) is 19.4 Å². The Labute approximate surface area is 189 Å². The highest BCUT2D eigenvalue weighted by molar-refractivity contribution is 7.89. The summed E-state index contributed by atoms with van der Waals surface area (Å²) in [4.78, 5) is 28.9. The maximum Gasteiger partial charge on any atom is 0.253 e. The number of piperidine rings is 1. The Balaban J connectivity index is 1.29. The number of carbonyl (C=O) groups excluding carboxylic acids is 2. The van der Waals surface area contributed by atoms with E-state index in [-0.39, 0.29) is 29.8 Å². The third kappa shape index (κ3) is 5.48. The topological polar surface area (TPSA) is 99.3 Å². The van der Waals surface area contributed by atoms with E-state index in [9.17, 15) is 18.0 Å². The molecule has 0 aliphatic carbocycles. The van der Waals surface area contributed by atoms with Crippen LogP contribution in [0.5, 0.6) is 0 Å². The fraction of sp³-hybridized carbons (Fsp3) is 0.636. The van der Waals surface area contributed by atoms with Gasteiger partial charge in [-0.15, -0.1) is 0 Å². The molecule has 3 saturated heterocycles. The number of likely N-dealkylation sites (tertiary alicyclic amines) is 1. The Bertz CT molecular complexity index is 907. The second-order valence-corrected chi connectivity index (χ2v) is 10.6. The van der Waals surface area contributed by atoms with Crippen LogP contribution in [-0.4, -0.2) is 99.9 Å². The molecule has 1 aromatic rings. The largest absolute Gasteiger partial charge is 0.379 e. The number of carbonyl (C=O) groups is 2. The Kier molecular flexibility index (Phi) is 7.44. The van der Waals surface area contributed by atoms with Crippen molar-refractivity contribution < 1.29 is 22.7 Å². The molecule has 1 aromatic carbocycles. The molecule has 0 bridgehead atoms. The minimum atomic E-state index is -3.75. The summed E-state index contributed by atoms with van der Waals surface area (Å²) in [6.45, 7) is 6.58. The maximum atomic E-state index is 12.9. The SMILES string of the molecule is O=C1CN(S(=O)(=O)c2ccc(C(=O)N3CCC(CCN4CCOCC4)CC3)cc2)CCN1. The first-order chi connectivity index (χ1) is 15.4. The van der Waals surface area contributed by atoms with Gasteiger partial charge in [-0.25, -0.2) is 8.42 Å². The van der Waals surface area contributed by atoms with Crippen molar-refractivity contribution in [3.05, 3.63) is 29.8 Å². The van der Waals surface area contributed by atoms with Crippen LogP contribution in [0.25, 0.3) is 0 Å². The summed E-state index contributed by atoms with van der Waals surface area (Å²) in [7, 11) is -3.75. The molecule has 3 aliphatic rings. The van der Waals surface area contributed by atoms with Crippen molar-refractivity contribution in [3.63, 3.8) is 0 Å². The van der Waals surface area contributed by atoms with Crippen LogP contribution < -0.4 is 5.32 Å². The summed E-state index contributed by atoms with van der Waals surface area (Å²) in [5, 5.41) is 2.62. The summed E-state index contributed by atoms with van der Waals surface area (Å²) >= 11 is 0. The number of benzene rings is 1. The predicted octanol–water partition coefficient (Wildman–Crippen LogP) is 0.382. The minimum absolute atomic E-state index is 0.0575. The third-order valence-electron chi connectivity index (χ3n) is 6.60. The van der Waals surface area contributed by atoms with Crippen LogP contribution >= 0.6 is 0 Å². The number of nitrogens with one attached hydrogen (secondary N) is 1. The molecule has 10 heteroatoms. The lowest BCUT2D eigenvalue weighted by Gasteiger charge is -2.34. The van der Waals surface area contributed by atoms with E-state index >= 15 is 0 Å². The predicted molar refractivity (Wildman–Crippen MR) is 119 cm³/mol. The number of sulfonamides is 1. The number of nitrogens with zero attached hydrogens (tertiary/aromatic N) is 3. The van der Waals surface area contributed by atoms with Crippen molar-refractivity contribution in [2.75, 3.05) is 65.6 Å². The van der Waals surface area contributed by atoms with E-state index in [1.165, 1.54) is 16.4 Å². The number of ether oxygens (including phenoxy) is 1. The van der Waals surface area contributed by atoms with Gasteiger partial charge in [0.05, 0.1) is 24.7 Å². The summed E-state index contributed by atoms with van der Waals surface area (Å²) in [6.07, 6.45) is 3.16. The van der Waals surface area contributed by atoms with Crippen LogP contribution in [0.15, 0.2) is 29.2 Å². The van der Waals surface area contributed by atoms with Crippen molar-refractivity contribution in [2.24, 2.45) is 5.92 Å². The molecule has 2 amide bonds. The average molecular weight is 465 g/mol. The van der Waals surface area contributed by atoms with Gasteiger partial charge in [-0.3, -0.25) is 14.5 Å². The second kappa shape index (κ2) is 10.3. The van der Waals surface area contributed by atoms with Gasteiger partial charge in [0.2, 0.25) is 15.9 Å². The number of piperazine rings is 1. The monoisotopic (exact) mass is 464 g/mol. The van der Waals surface area contributed by atoms with Gasteiger partial charge in [-0.2, -0.15) is 4.31 Å². The second-order valence-electron chi connectivity index (χ2n) is 8.69. The zero-order valence-corrected chi connectivity index (χ0v) is 19.2. The highest BCUT2D eigenvalue weighted by Crippen LogP contribution is 2.23. The van der Waals surface area contributed by atoms with Crippen LogP contribution in [0.4, 0.5) is 0 Å². The van der Waals surface area contributed by atoms with Gasteiger partial charge in [0.25, 0.3) is 5.91 Å². The Morgan fingerprint density at radius 1 is 1.03 bits per heavy atom. The quantitative estimate of drug-likeness (QED) is 0.654. The van der Waals surface area contributed by atoms with E-state index in [0.29, 0.717) is 18.0 Å². The molecule has 4 rings (SSSR count). The molecule has 3 aliphatic heterocycles. The van der Waals surface area contributed by atoms with Crippen molar-refractivity contribution >= 4 is 21.8 Å². The molecule has 0 atom stereocenters. The van der Waals surface area contributed by atoms with Gasteiger partial charge in [-0.05, 0) is 56.0 Å². The van der Waals surface area contributed by atoms with Gasteiger partial charge >= 0.3 is 0 Å². The smallest absolute Gasteiger partial charge is 0.253 e. The molecule has 1 N–H and O–H groups in total. The summed E-state index contributed by atoms with van der Waals surface area (Å²) < 4.78 is 32.1. The molecule has 32 heavy (non-hydrogen) atoms. The first kappa shape index (κ1) is 23.2. The number of hydrogen-bond acceptors (Lipinski definition) is 6. The number of amides is 2. The highest BCUT2D eigenvalue weighted by atomic mass is 32.2. The van der Waals surface area contributed by atoms with Crippen LogP contribution in [0.2, 0.25) is 0 Å². The van der Waals surface area contributed by atoms with Gasteiger partial charge in [0.15, 0.2) is 0 Å². The van der Waals surface area contributed by atoms with Gasteiger partial charge in [0, 0.05) is 44.8 Å². The van der Waals surface area contributed by atoms with E-state index in [1.807, 2.05) is 4.90 Å². The molecular weight excluding hydrogens is 432 g/mol. The molecule has 0 unspecified atom stereocenters. The Morgan fingerprint density at radius 3 is 2.38 bits per heavy atom. The molecule has 9 nitrogen and oxygen atoms in total. The third-order valence-corrected chi connectivity index (χ3v) is 8.46. The lowest BCUT2D eigenvalue weighted by atomic mass is 9.93. The first-order valence-corrected chi connectivity index (χ1v) is 12.8. The molecule has 3 fully saturated rings. The van der Waals surface area contributed by atoms with Crippen LogP contribution in [-0.2, 0) is 19.6 Å². The van der Waals surface area contributed by atoms with E-state index in [1.54, 1.807) is 12.1 Å². The lowest BCUT2D eigenvalue weighted by molar-refractivity contribution is -0.122. The fourth-order valence-electron chi connectivity index (χ4n) is 4.54. The fourth-order valence-corrected chi connectivity index (χ4v) is 5.93. The average Bonchev–Trinajstić information content (AvgIpc) is 2.83. The molecule has 0 radical (unpaired) electrons. The molecular formula is C22H32N4O5S. The molecule has 0 spiro atoms. The van der Waals surface area contributed by atoms with Crippen LogP contribution in [0.3, 0.4) is 0 Å². The Morgan fingerprint density at radius 2 is 1.72 bits per heavy atom. The highest BCUT2D eigenvalue weighted by Gasteiger charge is 2.30. The van der Waals surface area contributed by atoms with Crippen molar-refractivity contribution in [1.29, 1.82) is 0 Å². The van der Waals surface area contributed by atoms with Crippen molar-refractivity contribution in [3.8, 4) is 0 Å². The summed E-state index contributed by atoms with van der Waals surface area (Å²) in [5.41, 5.74) is 0.493. The zero-order chi connectivity index (χ0) is 22.6. The van der Waals surface area contributed by atoms with E-state index in [2.05, 4.69) is 10.2 Å². The van der Waals surface area contributed by atoms with Crippen molar-refractivity contribution in [2.45, 2.75) is 24.2 Å². The van der Waals surface area contributed by atoms with E-state index < -0.39 is 10.0 Å². The van der Waals surface area contributed by atoms with Gasteiger partial charge < -0.3 is 15.0 Å². The molecule has 176 valence electrons. The first-order valence-electron chi connectivity index (χ1n) is 11.4. The molecule has 0 aromatic heterocycles. The van der Waals surface area contributed by atoms with Gasteiger partial charge in [0.1, 0.15) is 0 Å². The van der Waals surface area contributed by atoms with Crippen LogP contribution in [0.1, 0.15) is 29.6 Å². The normalized spacial score (nSPS) is 22.0. The zero-order valence-electron chi connectivity index (χ0n) is 18.4. The minimum Gasteiger partial charge on any atom is -0.379 e. The standard InChI is InChI=1S/C22H32N4O5S/c27-21-17-26(12-8-23-21)32(29,30)20-3-1-19(2-4-20)22(28)25-10-6-18(7-11-25)5-9-24-13-15-31-16-14-24/h1-4,18H,5-17H2,(H,23,27). The van der Waals surface area contributed by atoms with E-state index in [0.717, 1.165) is 65.2 Å². The molecule has 0 saturated carbocycles. The van der Waals surface area contributed by atoms with Crippen LogP contribution in [0, 0.1) is 5.92 Å². The van der Waals surface area contributed by atoms with Gasteiger partial charge in [-0.1, -0.05) is 0 Å². The summed E-state index contributed by atoms with van der Waals surface area (Å²) in [6, 6.07) is 6.07. The number of hydrogen-bond donors (Lipinski definition) is 1. The maximum absolute atomic E-state index is 12.9.